The number of rotatable bonds is 6. The van der Waals surface area contributed by atoms with E-state index < -0.39 is 0 Å². The molecule has 0 aliphatic heterocycles. The third-order valence-electron chi connectivity index (χ3n) is 5.14. The van der Waals surface area contributed by atoms with Crippen LogP contribution in [0, 0.1) is 0 Å². The van der Waals surface area contributed by atoms with Crippen LogP contribution in [0.5, 0.6) is 0 Å². The fourth-order valence-electron chi connectivity index (χ4n) is 3.63. The van der Waals surface area contributed by atoms with Gasteiger partial charge < -0.3 is 5.73 Å². The molecule has 0 saturated heterocycles. The molecule has 0 amide bonds. The van der Waals surface area contributed by atoms with Crippen LogP contribution in [-0.4, -0.2) is 35.7 Å². The van der Waals surface area contributed by atoms with Gasteiger partial charge in [0.05, 0.1) is 11.2 Å². The summed E-state index contributed by atoms with van der Waals surface area (Å²) in [7, 11) is 0. The molecule has 154 valence electrons. The topological polar surface area (TPSA) is 115 Å². The first-order valence-electron chi connectivity index (χ1n) is 9.80. The molecule has 4 aromatic heterocycles. The largest absolute Gasteiger partial charge is 0.382 e. The van der Waals surface area contributed by atoms with Gasteiger partial charge in [-0.2, -0.15) is 10.2 Å². The van der Waals surface area contributed by atoms with Crippen molar-refractivity contribution in [3.05, 3.63) is 65.7 Å². The fourth-order valence-corrected chi connectivity index (χ4v) is 3.80. The van der Waals surface area contributed by atoms with E-state index in [1.807, 2.05) is 35.1 Å². The number of nitrogens with two attached hydrogens (primary N) is 1. The molecule has 4 heterocycles. The third-order valence-corrected chi connectivity index (χ3v) is 5.35. The zero-order chi connectivity index (χ0) is 21.4. The number of nitrogen functional groups attached to an aromatic ring is 1. The van der Waals surface area contributed by atoms with Crippen molar-refractivity contribution in [3.63, 3.8) is 0 Å². The minimum absolute atomic E-state index is 0.0443. The Bertz CT molecular complexity index is 1410. The van der Waals surface area contributed by atoms with Gasteiger partial charge in [0.25, 0.3) is 0 Å². The van der Waals surface area contributed by atoms with Crippen LogP contribution < -0.4 is 5.73 Å². The highest BCUT2D eigenvalue weighted by Gasteiger charge is 2.13. The number of hydrogen-bond acceptors (Lipinski definition) is 6. The Hall–Kier alpha value is -3.78. The number of ketones is 1. The first-order valence-corrected chi connectivity index (χ1v) is 10.2. The maximum absolute atomic E-state index is 12.3. The SMILES string of the molecule is Nc1nc2cc(-c3ccn[nH]3)ccc2c2cn(CCCC(=O)c3cccc(Cl)n3)nc12. The molecule has 1 aromatic carbocycles. The van der Waals surface area contributed by atoms with E-state index in [9.17, 15) is 4.79 Å². The summed E-state index contributed by atoms with van der Waals surface area (Å²) in [6.45, 7) is 0.578. The third kappa shape index (κ3) is 3.73. The van der Waals surface area contributed by atoms with Crippen LogP contribution in [0.3, 0.4) is 0 Å². The summed E-state index contributed by atoms with van der Waals surface area (Å²) >= 11 is 5.87. The highest BCUT2D eigenvalue weighted by molar-refractivity contribution is 6.29. The number of fused-ring (bicyclic) bond motifs is 3. The van der Waals surface area contributed by atoms with Gasteiger partial charge in [-0.05, 0) is 30.7 Å². The van der Waals surface area contributed by atoms with Crippen LogP contribution >= 0.6 is 11.6 Å². The fraction of sp³-hybridized carbons (Fsp3) is 0.136. The molecule has 0 bridgehead atoms. The van der Waals surface area contributed by atoms with Crippen molar-refractivity contribution in [1.29, 1.82) is 0 Å². The van der Waals surface area contributed by atoms with Crippen molar-refractivity contribution in [2.45, 2.75) is 19.4 Å². The molecule has 5 aromatic rings. The molecular formula is C22H18ClN7O. The van der Waals surface area contributed by atoms with E-state index in [-0.39, 0.29) is 5.78 Å². The number of carbonyl (C=O) groups is 1. The zero-order valence-electron chi connectivity index (χ0n) is 16.4. The van der Waals surface area contributed by atoms with Crippen LogP contribution in [0.25, 0.3) is 33.1 Å². The summed E-state index contributed by atoms with van der Waals surface area (Å²) in [5.74, 6) is 0.333. The number of aromatic nitrogens is 6. The lowest BCUT2D eigenvalue weighted by Crippen LogP contribution is -2.05. The van der Waals surface area contributed by atoms with E-state index in [1.54, 1.807) is 24.4 Å². The Labute approximate surface area is 182 Å². The minimum atomic E-state index is -0.0443. The lowest BCUT2D eigenvalue weighted by Gasteiger charge is -2.03. The normalized spacial score (nSPS) is 11.4. The van der Waals surface area contributed by atoms with E-state index in [4.69, 9.17) is 17.3 Å². The van der Waals surface area contributed by atoms with Gasteiger partial charge in [0.1, 0.15) is 16.4 Å². The Morgan fingerprint density at radius 1 is 1.13 bits per heavy atom. The second-order valence-electron chi connectivity index (χ2n) is 7.23. The van der Waals surface area contributed by atoms with Gasteiger partial charge in [-0.15, -0.1) is 0 Å². The van der Waals surface area contributed by atoms with Crippen molar-refractivity contribution in [2.75, 3.05) is 5.73 Å². The van der Waals surface area contributed by atoms with Gasteiger partial charge in [-0.1, -0.05) is 29.8 Å². The molecule has 5 rings (SSSR count). The average molecular weight is 432 g/mol. The first-order chi connectivity index (χ1) is 15.1. The molecule has 0 atom stereocenters. The first kappa shape index (κ1) is 19.2. The van der Waals surface area contributed by atoms with Crippen LogP contribution in [-0.2, 0) is 6.54 Å². The Morgan fingerprint density at radius 3 is 2.84 bits per heavy atom. The predicted octanol–water partition coefficient (Wildman–Crippen LogP) is 4.27. The quantitative estimate of drug-likeness (QED) is 0.306. The molecule has 8 nitrogen and oxygen atoms in total. The Morgan fingerprint density at radius 2 is 2.03 bits per heavy atom. The van der Waals surface area contributed by atoms with E-state index in [2.05, 4.69) is 25.3 Å². The van der Waals surface area contributed by atoms with Gasteiger partial charge in [-0.3, -0.25) is 14.6 Å². The summed E-state index contributed by atoms with van der Waals surface area (Å²) in [6, 6.07) is 13.0. The van der Waals surface area contributed by atoms with Gasteiger partial charge in [-0.25, -0.2) is 9.97 Å². The number of H-pyrrole nitrogens is 1. The number of pyridine rings is 2. The molecule has 0 fully saturated rings. The smallest absolute Gasteiger partial charge is 0.181 e. The molecule has 0 radical (unpaired) electrons. The number of aromatic amines is 1. The number of anilines is 1. The maximum atomic E-state index is 12.3. The van der Waals surface area contributed by atoms with E-state index in [1.165, 1.54) is 0 Å². The van der Waals surface area contributed by atoms with E-state index >= 15 is 0 Å². The zero-order valence-corrected chi connectivity index (χ0v) is 17.2. The second kappa shape index (κ2) is 7.81. The number of nitrogens with one attached hydrogen (secondary N) is 1. The lowest BCUT2D eigenvalue weighted by atomic mass is 10.1. The van der Waals surface area contributed by atoms with Crippen molar-refractivity contribution < 1.29 is 4.79 Å². The summed E-state index contributed by atoms with van der Waals surface area (Å²) in [5.41, 5.74) is 9.91. The van der Waals surface area contributed by atoms with Crippen molar-refractivity contribution in [2.24, 2.45) is 0 Å². The number of hydrogen-bond donors (Lipinski definition) is 2. The molecule has 0 unspecified atom stereocenters. The summed E-state index contributed by atoms with van der Waals surface area (Å²) in [6.07, 6.45) is 4.64. The van der Waals surface area contributed by atoms with Crippen LogP contribution in [0.15, 0.2) is 54.9 Å². The molecule has 9 heteroatoms. The molecule has 0 aliphatic rings. The molecular weight excluding hydrogens is 414 g/mol. The van der Waals surface area contributed by atoms with E-state index in [0.29, 0.717) is 41.6 Å². The van der Waals surface area contributed by atoms with Crippen molar-refractivity contribution in [1.82, 2.24) is 29.9 Å². The summed E-state index contributed by atoms with van der Waals surface area (Å²) in [5, 5.41) is 13.8. The molecule has 3 N–H and O–H groups in total. The minimum Gasteiger partial charge on any atom is -0.382 e. The van der Waals surface area contributed by atoms with Crippen LogP contribution in [0.1, 0.15) is 23.3 Å². The van der Waals surface area contributed by atoms with Crippen LogP contribution in [0.4, 0.5) is 5.82 Å². The van der Waals surface area contributed by atoms with Gasteiger partial charge in [0.15, 0.2) is 11.6 Å². The number of benzene rings is 1. The maximum Gasteiger partial charge on any atom is 0.181 e. The van der Waals surface area contributed by atoms with E-state index in [0.717, 1.165) is 27.5 Å². The number of carbonyl (C=O) groups excluding carboxylic acids is 1. The highest BCUT2D eigenvalue weighted by atomic mass is 35.5. The van der Waals surface area contributed by atoms with Crippen LogP contribution in [0.2, 0.25) is 5.15 Å². The average Bonchev–Trinajstić information content (AvgIpc) is 3.44. The lowest BCUT2D eigenvalue weighted by molar-refractivity contribution is 0.0973. The van der Waals surface area contributed by atoms with Crippen molar-refractivity contribution in [3.8, 4) is 11.3 Å². The number of halogens is 1. The number of aryl methyl sites for hydroxylation is 1. The standard InChI is InChI=1S/C22H18ClN7O/c23-20-5-1-3-17(26-20)19(31)4-2-10-30-12-15-14-7-6-13(16-8-9-25-28-16)11-18(14)27-22(24)21(15)29-30/h1,3,5-9,11-12H,2,4,10H2,(H2,24,27)(H,25,28). The highest BCUT2D eigenvalue weighted by Crippen LogP contribution is 2.30. The van der Waals surface area contributed by atoms with Crippen molar-refractivity contribution >= 4 is 45.0 Å². The molecule has 0 saturated carbocycles. The molecule has 0 aliphatic carbocycles. The second-order valence-corrected chi connectivity index (χ2v) is 7.61. The monoisotopic (exact) mass is 431 g/mol. The molecule has 31 heavy (non-hydrogen) atoms. The van der Waals surface area contributed by atoms with Gasteiger partial charge in [0, 0.05) is 41.7 Å². The molecule has 0 spiro atoms. The summed E-state index contributed by atoms with van der Waals surface area (Å²) in [4.78, 5) is 20.9. The Kier molecular flexibility index (Phi) is 4.83. The Balaban J connectivity index is 1.38. The number of nitrogens with zero attached hydrogens (tertiary/aromatic N) is 5. The van der Waals surface area contributed by atoms with Gasteiger partial charge in [0.2, 0.25) is 0 Å². The number of Topliss-reactive ketones (excluding diaryl/α,β-unsaturated/α-hetero) is 1. The predicted molar refractivity (Wildman–Crippen MR) is 120 cm³/mol. The summed E-state index contributed by atoms with van der Waals surface area (Å²) < 4.78 is 1.81. The van der Waals surface area contributed by atoms with Gasteiger partial charge >= 0.3 is 0 Å².